The first-order valence-electron chi connectivity index (χ1n) is 32.5. The van der Waals surface area contributed by atoms with Crippen LogP contribution in [0.1, 0.15) is 118 Å². The van der Waals surface area contributed by atoms with E-state index in [9.17, 15) is 25.9 Å². The van der Waals surface area contributed by atoms with Gasteiger partial charge in [0.05, 0.1) is 84.1 Å². The van der Waals surface area contributed by atoms with Crippen LogP contribution in [-0.2, 0) is 44.2 Å². The van der Waals surface area contributed by atoms with Crippen molar-refractivity contribution in [1.82, 2.24) is 14.7 Å². The summed E-state index contributed by atoms with van der Waals surface area (Å²) in [7, 11) is -4.13. The van der Waals surface area contributed by atoms with Crippen molar-refractivity contribution >= 4 is 152 Å². The standard InChI is InChI=1S/C37H48ClN5O3S.C20H20ClN3.C14H20N2O3S.C2H6O.2ClH.I2/c1-7-8-9-20-42-22-12-14-29-34(42)39-31(36(29,2)3)18-16-27-25-41(6)26-28(33(27)38)17-19-32-37(4,5)30-15-13-23-43(35(30)40-32)21-10-11-24-47(44,45)46;1-24-14-16(12-22-18-8-4-2-5-9-18)20(21)17(15-24)13-23-19-10-6-3-7-11-19;1-11-14(2,3)12-7-6-9-16(13(12)15-11)8-4-5-10-20(17,18)19;1-2-3;;;1-2/h12-19,22-23H,7-11,20-21,24-26H2,1-6H3;2-13,22H,14-15H2,1H3;6-7,9H,4-5,8,10H2,1-3H3;3H,2H2,1H3;2*1H;/b;16-12+,23-13?;;;;;. The first-order valence-corrected chi connectivity index (χ1v) is 42.7. The summed E-state index contributed by atoms with van der Waals surface area (Å²) >= 11 is 17.9. The van der Waals surface area contributed by atoms with Crippen molar-refractivity contribution in [3.8, 4) is 0 Å². The van der Waals surface area contributed by atoms with Crippen molar-refractivity contribution < 1.29 is 40.2 Å². The zero-order chi connectivity index (χ0) is 70.4. The number of pyridine rings is 2. The number of allylic oxidation sites excluding steroid dienone is 6. The summed E-state index contributed by atoms with van der Waals surface area (Å²) < 4.78 is 69.1. The van der Waals surface area contributed by atoms with Crippen LogP contribution in [0.5, 0.6) is 0 Å². The molecule has 98 heavy (non-hydrogen) atoms. The van der Waals surface area contributed by atoms with Gasteiger partial charge in [0.1, 0.15) is 11.5 Å². The molecule has 2 N–H and O–H groups in total. The van der Waals surface area contributed by atoms with E-state index in [1.807, 2.05) is 114 Å². The van der Waals surface area contributed by atoms with Gasteiger partial charge in [-0.1, -0.05) is 105 Å². The summed E-state index contributed by atoms with van der Waals surface area (Å²) in [6.45, 7) is 24.6. The maximum Gasteiger partial charge on any atom is 0.327 e. The number of rotatable bonds is 21. The zero-order valence-electron chi connectivity index (χ0n) is 58.0. The second-order valence-electron chi connectivity index (χ2n) is 25.8. The SMILES string of the molecule is CC1=Nc2c(ccc[n+]2CCCCS(=O)(=O)[O-])C1(C)C.CCCCC[n+]1cccc2c1N=C(/C=C/C1=C(Cl)C(=C/C=C3/N=C4C(=CC=CN4CCCCS(=O)(=O)[O-])C3(C)C)/CN(C)C1)C2(C)C.CCO.CN1CC(C=Nc2ccccc2)=C(Cl)/C(=C/Nc2ccccc2)C1.Cl.Cl.II. The monoisotopic (exact) mass is 1680 g/mol. The second-order valence-corrected chi connectivity index (χ2v) is 29.6. The fourth-order valence-electron chi connectivity index (χ4n) is 11.6. The summed E-state index contributed by atoms with van der Waals surface area (Å²) in [5.74, 6) is 2.23. The molecule has 10 rings (SSSR count). The molecule has 534 valence electrons. The number of likely N-dealkylation sites (N-methyl/N-ethyl adjacent to an activating group) is 2. The summed E-state index contributed by atoms with van der Waals surface area (Å²) in [6.07, 6.45) is 27.9. The molecule has 0 saturated carbocycles. The third kappa shape index (κ3) is 24.5. The number of aliphatic hydroxyl groups is 1. The Hall–Kier alpha value is -4.74. The van der Waals surface area contributed by atoms with Crippen LogP contribution in [0.15, 0.2) is 210 Å². The minimum Gasteiger partial charge on any atom is -0.748 e. The lowest BCUT2D eigenvalue weighted by Gasteiger charge is -2.28. The number of halogens is 6. The van der Waals surface area contributed by atoms with Crippen LogP contribution in [0, 0.1) is 5.41 Å². The summed E-state index contributed by atoms with van der Waals surface area (Å²) in [6, 6.07) is 28.3. The van der Waals surface area contributed by atoms with Crippen LogP contribution in [-0.4, -0.2) is 134 Å². The molecule has 0 atom stereocenters. The highest BCUT2D eigenvalue weighted by Crippen LogP contribution is 2.45. The van der Waals surface area contributed by atoms with E-state index in [2.05, 4.69) is 184 Å². The molecule has 6 aliphatic rings. The predicted molar refractivity (Wildman–Crippen MR) is 426 cm³/mol. The molecule has 2 aromatic heterocycles. The van der Waals surface area contributed by atoms with Crippen LogP contribution in [0.25, 0.3) is 0 Å². The molecule has 0 saturated heterocycles. The van der Waals surface area contributed by atoms with Gasteiger partial charge in [-0.25, -0.2) is 31.0 Å². The molecule has 0 amide bonds. The van der Waals surface area contributed by atoms with Gasteiger partial charge in [-0.3, -0.25) is 14.8 Å². The van der Waals surface area contributed by atoms with Crippen LogP contribution >= 0.6 is 85.2 Å². The lowest BCUT2D eigenvalue weighted by atomic mass is 9.81. The average Bonchev–Trinajstić information content (AvgIpc) is 1.62. The zero-order valence-corrected chi connectivity index (χ0v) is 67.1. The Morgan fingerprint density at radius 1 is 0.663 bits per heavy atom. The predicted octanol–water partition coefficient (Wildman–Crippen LogP) is 16.0. The summed E-state index contributed by atoms with van der Waals surface area (Å²) in [5.41, 5.74) is 12.2. The lowest BCUT2D eigenvalue weighted by molar-refractivity contribution is -0.685. The van der Waals surface area contributed by atoms with Gasteiger partial charge < -0.3 is 24.4 Å². The number of nitrogens with one attached hydrogen (secondary N) is 1. The van der Waals surface area contributed by atoms with Crippen LogP contribution < -0.4 is 14.5 Å². The van der Waals surface area contributed by atoms with E-state index in [1.54, 1.807) is 6.92 Å². The molecule has 25 heteroatoms. The smallest absolute Gasteiger partial charge is 0.327 e. The van der Waals surface area contributed by atoms with Gasteiger partial charge >= 0.3 is 11.6 Å². The van der Waals surface area contributed by atoms with E-state index >= 15 is 0 Å². The number of unbranched alkanes of at least 4 members (excludes halogenated alkanes) is 4. The van der Waals surface area contributed by atoms with Crippen molar-refractivity contribution in [2.75, 3.05) is 70.2 Å². The molecule has 0 fully saturated rings. The Kier molecular flexibility index (Phi) is 35.1. The number of hydrogen-bond donors (Lipinski definition) is 2. The van der Waals surface area contributed by atoms with E-state index in [4.69, 9.17) is 38.3 Å². The molecule has 0 unspecified atom stereocenters. The number of hydrogen-bond acceptors (Lipinski definition) is 15. The molecule has 6 aliphatic heterocycles. The van der Waals surface area contributed by atoms with Crippen molar-refractivity contribution in [1.29, 1.82) is 0 Å². The number of aromatic nitrogens is 2. The van der Waals surface area contributed by atoms with E-state index in [0.717, 1.165) is 123 Å². The number of aryl methyl sites for hydroxylation is 2. The van der Waals surface area contributed by atoms with Crippen LogP contribution in [0.2, 0.25) is 0 Å². The molecular formula is C73H96Cl4I2N10O7S2. The van der Waals surface area contributed by atoms with Gasteiger partial charge in [-0.15, -0.1) is 24.8 Å². The van der Waals surface area contributed by atoms with Gasteiger partial charge in [-0.05, 0) is 182 Å². The van der Waals surface area contributed by atoms with Gasteiger partial charge in [0, 0.05) is 140 Å². The highest BCUT2D eigenvalue weighted by atomic mass is 128. The fraction of sp³-hybridized carbons (Fsp3) is 0.425. The highest BCUT2D eigenvalue weighted by molar-refractivity contribution is 15.0. The molecule has 17 nitrogen and oxygen atoms in total. The normalized spacial score (nSPS) is 18.7. The largest absolute Gasteiger partial charge is 0.748 e. The minimum atomic E-state index is -4.21. The van der Waals surface area contributed by atoms with Crippen molar-refractivity contribution in [2.24, 2.45) is 25.4 Å². The van der Waals surface area contributed by atoms with Gasteiger partial charge in [0.15, 0.2) is 5.71 Å². The maximum absolute atomic E-state index is 11.0. The Balaban J connectivity index is 0.000000334. The number of nitrogens with zero attached hydrogens (tertiary/aromatic N) is 9. The maximum atomic E-state index is 11.0. The molecule has 0 bridgehead atoms. The quantitative estimate of drug-likeness (QED) is 0.0263. The van der Waals surface area contributed by atoms with Gasteiger partial charge in [0.25, 0.3) is 0 Å². The Morgan fingerprint density at radius 3 is 1.79 bits per heavy atom. The first kappa shape index (κ1) is 85.7. The minimum absolute atomic E-state index is 0. The van der Waals surface area contributed by atoms with Crippen LogP contribution in [0.3, 0.4) is 0 Å². The summed E-state index contributed by atoms with van der Waals surface area (Å²) in [5, 5.41) is 12.4. The van der Waals surface area contributed by atoms with Crippen molar-refractivity contribution in [2.45, 2.75) is 131 Å². The lowest BCUT2D eigenvalue weighted by Crippen LogP contribution is -2.35. The molecule has 0 aliphatic carbocycles. The van der Waals surface area contributed by atoms with Crippen LogP contribution in [0.4, 0.5) is 23.0 Å². The average molecular weight is 1690 g/mol. The van der Waals surface area contributed by atoms with Gasteiger partial charge in [0.2, 0.25) is 0 Å². The Bertz CT molecular complexity index is 3980. The fourth-order valence-corrected chi connectivity index (χ4v) is 13.2. The summed E-state index contributed by atoms with van der Waals surface area (Å²) in [4.78, 5) is 25.8. The molecule has 0 radical (unpaired) electrons. The highest BCUT2D eigenvalue weighted by Gasteiger charge is 2.43. The Labute approximate surface area is 628 Å². The topological polar surface area (TPSA) is 214 Å². The molecule has 8 heterocycles. The van der Waals surface area contributed by atoms with E-state index in [-0.39, 0.29) is 59.2 Å². The number of amidine groups is 1. The number of benzene rings is 2. The molecule has 0 spiro atoms. The molecular weight excluding hydrogens is 1590 g/mol. The second kappa shape index (κ2) is 40.2. The van der Waals surface area contributed by atoms with E-state index < -0.39 is 20.2 Å². The van der Waals surface area contributed by atoms with E-state index in [0.29, 0.717) is 38.8 Å². The third-order valence-electron chi connectivity index (χ3n) is 17.2. The third-order valence-corrected chi connectivity index (χ3v) is 19.8. The van der Waals surface area contributed by atoms with Crippen molar-refractivity contribution in [3.05, 3.63) is 201 Å². The van der Waals surface area contributed by atoms with Crippen molar-refractivity contribution in [3.63, 3.8) is 0 Å². The van der Waals surface area contributed by atoms with E-state index in [1.165, 1.54) is 24.0 Å². The number of para-hydroxylation sites is 2. The molecule has 4 aromatic rings. The Morgan fingerprint density at radius 2 is 1.19 bits per heavy atom. The number of aliphatic hydroxyl groups excluding tert-OH is 1. The first-order chi connectivity index (χ1) is 45.6. The number of anilines is 1. The number of fused-ring (bicyclic) bond motifs is 3. The molecule has 2 aromatic carbocycles. The number of aliphatic imine (C=N–C) groups is 4. The van der Waals surface area contributed by atoms with Gasteiger partial charge in [-0.2, -0.15) is 0 Å².